The first kappa shape index (κ1) is 14.1. The van der Waals surface area contributed by atoms with E-state index in [1.165, 1.54) is 5.56 Å². The number of aromatic carboxylic acids is 1. The summed E-state index contributed by atoms with van der Waals surface area (Å²) >= 11 is 0. The number of nitrogens with one attached hydrogen (secondary N) is 1. The number of rotatable bonds is 5. The molecule has 0 aliphatic carbocycles. The number of carbonyl (C=O) groups is 1. The predicted octanol–water partition coefficient (Wildman–Crippen LogP) is 4.39. The minimum atomic E-state index is -0.891. The van der Waals surface area contributed by atoms with Gasteiger partial charge >= 0.3 is 5.97 Å². The SMILES string of the molecule is CCCc1ccc(Nc2ccc(C(=O)O)c(C)c2)cc1. The van der Waals surface area contributed by atoms with Gasteiger partial charge in [-0.2, -0.15) is 0 Å². The van der Waals surface area contributed by atoms with Crippen LogP contribution in [0.4, 0.5) is 11.4 Å². The smallest absolute Gasteiger partial charge is 0.335 e. The van der Waals surface area contributed by atoms with Crippen LogP contribution in [0, 0.1) is 6.92 Å². The average molecular weight is 269 g/mol. The maximum Gasteiger partial charge on any atom is 0.335 e. The molecule has 0 aliphatic rings. The van der Waals surface area contributed by atoms with Crippen molar-refractivity contribution in [3.8, 4) is 0 Å². The molecule has 104 valence electrons. The fourth-order valence-corrected chi connectivity index (χ4v) is 2.19. The van der Waals surface area contributed by atoms with Crippen LogP contribution in [0.25, 0.3) is 0 Å². The van der Waals surface area contributed by atoms with Crippen LogP contribution in [0.2, 0.25) is 0 Å². The zero-order valence-electron chi connectivity index (χ0n) is 11.8. The lowest BCUT2D eigenvalue weighted by atomic mass is 10.1. The third-order valence-electron chi connectivity index (χ3n) is 3.24. The van der Waals surface area contributed by atoms with E-state index in [9.17, 15) is 4.79 Å². The maximum atomic E-state index is 11.0. The van der Waals surface area contributed by atoms with Crippen molar-refractivity contribution in [2.45, 2.75) is 26.7 Å². The zero-order chi connectivity index (χ0) is 14.5. The van der Waals surface area contributed by atoms with Crippen LogP contribution in [0.3, 0.4) is 0 Å². The summed E-state index contributed by atoms with van der Waals surface area (Å²) in [6, 6.07) is 13.6. The molecule has 0 amide bonds. The number of hydrogen-bond donors (Lipinski definition) is 2. The summed E-state index contributed by atoms with van der Waals surface area (Å²) in [6.45, 7) is 3.97. The van der Waals surface area contributed by atoms with Crippen molar-refractivity contribution in [1.29, 1.82) is 0 Å². The van der Waals surface area contributed by atoms with Gasteiger partial charge in [-0.1, -0.05) is 25.5 Å². The third-order valence-corrected chi connectivity index (χ3v) is 3.24. The molecule has 2 N–H and O–H groups in total. The Morgan fingerprint density at radius 2 is 1.75 bits per heavy atom. The summed E-state index contributed by atoms with van der Waals surface area (Å²) in [5.41, 5.74) is 4.33. The van der Waals surface area contributed by atoms with Crippen molar-refractivity contribution in [2.75, 3.05) is 5.32 Å². The van der Waals surface area contributed by atoms with Gasteiger partial charge in [0, 0.05) is 11.4 Å². The number of benzene rings is 2. The molecule has 2 aromatic carbocycles. The maximum absolute atomic E-state index is 11.0. The van der Waals surface area contributed by atoms with E-state index in [2.05, 4.69) is 24.4 Å². The summed E-state index contributed by atoms with van der Waals surface area (Å²) in [5.74, 6) is -0.891. The molecule has 0 radical (unpaired) electrons. The Balaban J connectivity index is 2.13. The fourth-order valence-electron chi connectivity index (χ4n) is 2.19. The Morgan fingerprint density at radius 1 is 1.10 bits per heavy atom. The molecular formula is C17H19NO2. The highest BCUT2D eigenvalue weighted by Crippen LogP contribution is 2.20. The second-order valence-corrected chi connectivity index (χ2v) is 4.91. The molecule has 0 aliphatic heterocycles. The van der Waals surface area contributed by atoms with Gasteiger partial charge in [-0.3, -0.25) is 0 Å². The molecule has 0 saturated heterocycles. The Hall–Kier alpha value is -2.29. The molecule has 3 nitrogen and oxygen atoms in total. The second kappa shape index (κ2) is 6.24. The second-order valence-electron chi connectivity index (χ2n) is 4.91. The largest absolute Gasteiger partial charge is 0.478 e. The molecule has 20 heavy (non-hydrogen) atoms. The fraction of sp³-hybridized carbons (Fsp3) is 0.235. The van der Waals surface area contributed by atoms with E-state index in [1.54, 1.807) is 19.1 Å². The van der Waals surface area contributed by atoms with Crippen LogP contribution >= 0.6 is 0 Å². The van der Waals surface area contributed by atoms with Crippen LogP contribution in [-0.4, -0.2) is 11.1 Å². The summed E-state index contributed by atoms with van der Waals surface area (Å²) in [5, 5.41) is 12.3. The monoisotopic (exact) mass is 269 g/mol. The zero-order valence-corrected chi connectivity index (χ0v) is 11.8. The van der Waals surface area contributed by atoms with E-state index in [0.29, 0.717) is 5.56 Å². The molecule has 3 heteroatoms. The molecule has 0 spiro atoms. The molecule has 0 heterocycles. The van der Waals surface area contributed by atoms with Crippen molar-refractivity contribution in [3.63, 3.8) is 0 Å². The van der Waals surface area contributed by atoms with E-state index < -0.39 is 5.97 Å². The lowest BCUT2D eigenvalue weighted by molar-refractivity contribution is 0.0696. The molecule has 0 bridgehead atoms. The number of carboxylic acids is 1. The molecule has 2 aromatic rings. The van der Waals surface area contributed by atoms with Crippen molar-refractivity contribution in [1.82, 2.24) is 0 Å². The molecule has 0 saturated carbocycles. The summed E-state index contributed by atoms with van der Waals surface area (Å²) in [7, 11) is 0. The lowest BCUT2D eigenvalue weighted by Crippen LogP contribution is -2.00. The summed E-state index contributed by atoms with van der Waals surface area (Å²) in [6.07, 6.45) is 2.23. The van der Waals surface area contributed by atoms with Crippen LogP contribution in [0.5, 0.6) is 0 Å². The normalized spacial score (nSPS) is 10.3. The Labute approximate surface area is 119 Å². The number of aryl methyl sites for hydroxylation is 2. The molecule has 0 aromatic heterocycles. The van der Waals surface area contributed by atoms with Crippen molar-refractivity contribution in [2.24, 2.45) is 0 Å². The van der Waals surface area contributed by atoms with E-state index in [0.717, 1.165) is 29.8 Å². The quantitative estimate of drug-likeness (QED) is 0.846. The van der Waals surface area contributed by atoms with Gasteiger partial charge in [0.1, 0.15) is 0 Å². The molecule has 0 atom stereocenters. The van der Waals surface area contributed by atoms with Gasteiger partial charge in [-0.15, -0.1) is 0 Å². The standard InChI is InChI=1S/C17H19NO2/c1-3-4-13-5-7-14(8-6-13)18-15-9-10-16(17(19)20)12(2)11-15/h5-11,18H,3-4H2,1-2H3,(H,19,20). The van der Waals surface area contributed by atoms with Crippen LogP contribution in [-0.2, 0) is 6.42 Å². The number of anilines is 2. The van der Waals surface area contributed by atoms with E-state index in [1.807, 2.05) is 18.2 Å². The van der Waals surface area contributed by atoms with Crippen molar-refractivity contribution >= 4 is 17.3 Å². The Morgan fingerprint density at radius 3 is 2.30 bits per heavy atom. The topological polar surface area (TPSA) is 49.3 Å². The molecule has 0 unspecified atom stereocenters. The van der Waals surface area contributed by atoms with E-state index in [-0.39, 0.29) is 0 Å². The third kappa shape index (κ3) is 3.38. The van der Waals surface area contributed by atoms with Gasteiger partial charge in [0.2, 0.25) is 0 Å². The highest BCUT2D eigenvalue weighted by molar-refractivity contribution is 5.90. The molecule has 2 rings (SSSR count). The first-order valence-corrected chi connectivity index (χ1v) is 6.80. The average Bonchev–Trinajstić information content (AvgIpc) is 2.41. The number of hydrogen-bond acceptors (Lipinski definition) is 2. The Kier molecular flexibility index (Phi) is 4.41. The van der Waals surface area contributed by atoms with Gasteiger partial charge in [0.15, 0.2) is 0 Å². The predicted molar refractivity (Wildman–Crippen MR) is 81.9 cm³/mol. The minimum Gasteiger partial charge on any atom is -0.478 e. The van der Waals surface area contributed by atoms with Gasteiger partial charge in [0.05, 0.1) is 5.56 Å². The highest BCUT2D eigenvalue weighted by atomic mass is 16.4. The van der Waals surface area contributed by atoms with Gasteiger partial charge in [-0.05, 0) is 54.8 Å². The first-order chi connectivity index (χ1) is 9.60. The van der Waals surface area contributed by atoms with Gasteiger partial charge < -0.3 is 10.4 Å². The van der Waals surface area contributed by atoms with Crippen LogP contribution < -0.4 is 5.32 Å². The molecule has 0 fully saturated rings. The molecular weight excluding hydrogens is 250 g/mol. The van der Waals surface area contributed by atoms with Gasteiger partial charge in [-0.25, -0.2) is 4.79 Å². The highest BCUT2D eigenvalue weighted by Gasteiger charge is 2.07. The van der Waals surface area contributed by atoms with Gasteiger partial charge in [0.25, 0.3) is 0 Å². The van der Waals surface area contributed by atoms with Crippen LogP contribution in [0.1, 0.15) is 34.8 Å². The van der Waals surface area contributed by atoms with E-state index >= 15 is 0 Å². The summed E-state index contributed by atoms with van der Waals surface area (Å²) < 4.78 is 0. The Bertz CT molecular complexity index is 603. The minimum absolute atomic E-state index is 0.342. The lowest BCUT2D eigenvalue weighted by Gasteiger charge is -2.09. The first-order valence-electron chi connectivity index (χ1n) is 6.80. The van der Waals surface area contributed by atoms with Crippen molar-refractivity contribution in [3.05, 3.63) is 59.2 Å². The van der Waals surface area contributed by atoms with E-state index in [4.69, 9.17) is 5.11 Å². The van der Waals surface area contributed by atoms with Crippen molar-refractivity contribution < 1.29 is 9.90 Å². The number of carboxylic acid groups (broad SMARTS) is 1. The van der Waals surface area contributed by atoms with Crippen LogP contribution in [0.15, 0.2) is 42.5 Å². The summed E-state index contributed by atoms with van der Waals surface area (Å²) in [4.78, 5) is 11.0.